The summed E-state index contributed by atoms with van der Waals surface area (Å²) in [5.74, 6) is 1.86. The predicted octanol–water partition coefficient (Wildman–Crippen LogP) is 3.51. The highest BCUT2D eigenvalue weighted by molar-refractivity contribution is 7.10. The number of likely N-dealkylation sites (tertiary alicyclic amines) is 1. The molecule has 2 aliphatic rings. The van der Waals surface area contributed by atoms with Crippen molar-refractivity contribution in [2.24, 2.45) is 5.41 Å². The van der Waals surface area contributed by atoms with Gasteiger partial charge in [0.15, 0.2) is 6.04 Å². The van der Waals surface area contributed by atoms with Gasteiger partial charge in [-0.05, 0) is 65.3 Å². The van der Waals surface area contributed by atoms with Gasteiger partial charge in [0, 0.05) is 5.41 Å². The van der Waals surface area contributed by atoms with Crippen LogP contribution in [0.4, 0.5) is 0 Å². The predicted molar refractivity (Wildman–Crippen MR) is 122 cm³/mol. The van der Waals surface area contributed by atoms with Crippen LogP contribution in [0.25, 0.3) is 0 Å². The van der Waals surface area contributed by atoms with Crippen LogP contribution in [0.3, 0.4) is 0 Å². The fraction of sp³-hybridized carbons (Fsp3) is 0.542. The van der Waals surface area contributed by atoms with Crippen LogP contribution in [0.5, 0.6) is 5.75 Å². The van der Waals surface area contributed by atoms with Crippen LogP contribution in [0.15, 0.2) is 41.8 Å². The van der Waals surface area contributed by atoms with Crippen molar-refractivity contribution >= 4 is 11.3 Å². The average molecular weight is 439 g/mol. The zero-order chi connectivity index (χ0) is 21.1. The molecular formula is C24H32N5OS+. The first-order valence-electron chi connectivity index (χ1n) is 11.5. The fourth-order valence-electron chi connectivity index (χ4n) is 5.73. The number of rotatable bonds is 6. The molecule has 3 aromatic rings. The normalized spacial score (nSPS) is 21.8. The molecule has 164 valence electrons. The molecule has 0 bridgehead atoms. The number of hydrogen-bond donors (Lipinski definition) is 1. The molecule has 1 aliphatic carbocycles. The summed E-state index contributed by atoms with van der Waals surface area (Å²) in [6.45, 7) is 3.11. The van der Waals surface area contributed by atoms with Crippen LogP contribution in [0.2, 0.25) is 0 Å². The minimum absolute atomic E-state index is 0.201. The fourth-order valence-corrected chi connectivity index (χ4v) is 6.60. The average Bonchev–Trinajstić information content (AvgIpc) is 3.49. The summed E-state index contributed by atoms with van der Waals surface area (Å²) in [5.41, 5.74) is 1.70. The molecular weight excluding hydrogens is 406 g/mol. The van der Waals surface area contributed by atoms with E-state index < -0.39 is 0 Å². The smallest absolute Gasteiger partial charge is 0.215 e. The van der Waals surface area contributed by atoms with Gasteiger partial charge in [0.1, 0.15) is 5.75 Å². The molecule has 2 fully saturated rings. The lowest BCUT2D eigenvalue weighted by Crippen LogP contribution is -3.14. The van der Waals surface area contributed by atoms with Gasteiger partial charge in [-0.1, -0.05) is 37.5 Å². The van der Waals surface area contributed by atoms with E-state index in [9.17, 15) is 0 Å². The maximum atomic E-state index is 5.30. The lowest BCUT2D eigenvalue weighted by atomic mass is 9.69. The molecule has 1 spiro atoms. The first-order chi connectivity index (χ1) is 15.3. The van der Waals surface area contributed by atoms with E-state index in [2.05, 4.69) is 45.2 Å². The molecule has 1 N–H and O–H groups in total. The molecule has 1 aromatic carbocycles. The van der Waals surface area contributed by atoms with E-state index in [1.807, 2.05) is 28.2 Å². The van der Waals surface area contributed by atoms with E-state index in [4.69, 9.17) is 4.74 Å². The lowest BCUT2D eigenvalue weighted by Gasteiger charge is -2.44. The van der Waals surface area contributed by atoms with Gasteiger partial charge < -0.3 is 9.64 Å². The van der Waals surface area contributed by atoms with Crippen LogP contribution in [0, 0.1) is 5.41 Å². The summed E-state index contributed by atoms with van der Waals surface area (Å²) in [6, 6.07) is 12.8. The first kappa shape index (κ1) is 20.6. The zero-order valence-corrected chi connectivity index (χ0v) is 19.1. The third kappa shape index (κ3) is 4.39. The Morgan fingerprint density at radius 1 is 1.10 bits per heavy atom. The maximum Gasteiger partial charge on any atom is 0.215 e. The van der Waals surface area contributed by atoms with Crippen LogP contribution in [-0.2, 0) is 6.54 Å². The van der Waals surface area contributed by atoms with Crippen molar-refractivity contribution in [3.8, 4) is 5.75 Å². The third-order valence-electron chi connectivity index (χ3n) is 7.27. The number of tetrazole rings is 1. The highest BCUT2D eigenvalue weighted by Gasteiger charge is 2.43. The Balaban J connectivity index is 1.44. The van der Waals surface area contributed by atoms with E-state index >= 15 is 0 Å². The number of quaternary nitrogens is 1. The molecule has 1 unspecified atom stereocenters. The Kier molecular flexibility index (Phi) is 6.05. The monoisotopic (exact) mass is 438 g/mol. The highest BCUT2D eigenvalue weighted by Crippen LogP contribution is 2.40. The number of nitrogens with one attached hydrogen (secondary N) is 1. The summed E-state index contributed by atoms with van der Waals surface area (Å²) in [4.78, 5) is 3.01. The molecule has 1 saturated carbocycles. The number of aromatic nitrogens is 4. The van der Waals surface area contributed by atoms with Crippen LogP contribution >= 0.6 is 11.3 Å². The van der Waals surface area contributed by atoms with Gasteiger partial charge in [-0.3, -0.25) is 0 Å². The topological polar surface area (TPSA) is 57.3 Å². The van der Waals surface area contributed by atoms with E-state index in [0.717, 1.165) is 11.6 Å². The molecule has 1 aliphatic heterocycles. The number of thiophene rings is 1. The highest BCUT2D eigenvalue weighted by atomic mass is 32.1. The minimum Gasteiger partial charge on any atom is -0.497 e. The van der Waals surface area contributed by atoms with Gasteiger partial charge in [0.25, 0.3) is 0 Å². The van der Waals surface area contributed by atoms with E-state index in [1.54, 1.807) is 12.0 Å². The quantitative estimate of drug-likeness (QED) is 0.640. The second-order valence-corrected chi connectivity index (χ2v) is 10.2. The van der Waals surface area contributed by atoms with E-state index in [0.29, 0.717) is 12.0 Å². The summed E-state index contributed by atoms with van der Waals surface area (Å²) in [6.07, 6.45) is 9.68. The van der Waals surface area contributed by atoms with Gasteiger partial charge in [-0.25, -0.2) is 4.68 Å². The molecule has 7 heteroatoms. The largest absolute Gasteiger partial charge is 0.497 e. The number of methoxy groups -OCH3 is 1. The van der Waals surface area contributed by atoms with Crippen LogP contribution in [-0.4, -0.2) is 40.4 Å². The molecule has 2 aromatic heterocycles. The standard InChI is InChI=1S/C24H31N5OS/c1-30-20-10-8-19(9-11-20)17-29-23(25-26-27-29)22(21-7-5-16-31-21)28-15-6-14-24(18-28)12-3-2-4-13-24/h5,7-11,16,22H,2-4,6,12-15,17-18H2,1H3/p+1/t22-/m1/s1. The van der Waals surface area contributed by atoms with Gasteiger partial charge in [0.05, 0.1) is 31.6 Å². The Morgan fingerprint density at radius 3 is 2.65 bits per heavy atom. The SMILES string of the molecule is COc1ccc(Cn2nnnc2[C@@H](c2cccs2)[NH+]2CCCC3(CCCCC3)C2)cc1. The van der Waals surface area contributed by atoms with E-state index in [-0.39, 0.29) is 6.04 Å². The summed E-state index contributed by atoms with van der Waals surface area (Å²) in [7, 11) is 1.69. The maximum absolute atomic E-state index is 5.30. The molecule has 1 saturated heterocycles. The number of piperidine rings is 1. The Bertz CT molecular complexity index is 957. The lowest BCUT2D eigenvalue weighted by molar-refractivity contribution is -0.938. The van der Waals surface area contributed by atoms with Crippen molar-refractivity contribution in [1.82, 2.24) is 20.2 Å². The molecule has 5 rings (SSSR count). The minimum atomic E-state index is 0.201. The van der Waals surface area contributed by atoms with Crippen LogP contribution in [0.1, 0.15) is 67.3 Å². The van der Waals surface area contributed by atoms with Gasteiger partial charge in [-0.2, -0.15) is 0 Å². The molecule has 0 radical (unpaired) electrons. The van der Waals surface area contributed by atoms with Crippen molar-refractivity contribution in [3.05, 3.63) is 58.0 Å². The van der Waals surface area contributed by atoms with Crippen molar-refractivity contribution in [2.45, 2.75) is 57.5 Å². The Labute approximate surface area is 188 Å². The molecule has 3 heterocycles. The van der Waals surface area contributed by atoms with Crippen molar-refractivity contribution in [3.63, 3.8) is 0 Å². The number of nitrogens with zero attached hydrogens (tertiary/aromatic N) is 4. The summed E-state index contributed by atoms with van der Waals surface area (Å²) < 4.78 is 7.30. The first-order valence-corrected chi connectivity index (χ1v) is 12.4. The van der Waals surface area contributed by atoms with Crippen molar-refractivity contribution in [1.29, 1.82) is 0 Å². The van der Waals surface area contributed by atoms with Crippen LogP contribution < -0.4 is 9.64 Å². The second-order valence-electron chi connectivity index (χ2n) is 9.24. The van der Waals surface area contributed by atoms with Gasteiger partial charge >= 0.3 is 0 Å². The molecule has 31 heavy (non-hydrogen) atoms. The van der Waals surface area contributed by atoms with E-state index in [1.165, 1.54) is 68.5 Å². The second kappa shape index (κ2) is 9.09. The van der Waals surface area contributed by atoms with Crippen molar-refractivity contribution in [2.75, 3.05) is 20.2 Å². The van der Waals surface area contributed by atoms with Gasteiger partial charge in [0.2, 0.25) is 5.82 Å². The molecule has 6 nitrogen and oxygen atoms in total. The third-order valence-corrected chi connectivity index (χ3v) is 8.20. The Hall–Kier alpha value is -2.25. The zero-order valence-electron chi connectivity index (χ0n) is 18.3. The number of ether oxygens (including phenoxy) is 1. The van der Waals surface area contributed by atoms with Crippen molar-refractivity contribution < 1.29 is 9.64 Å². The number of benzene rings is 1. The summed E-state index contributed by atoms with van der Waals surface area (Å²) >= 11 is 1.83. The number of hydrogen-bond acceptors (Lipinski definition) is 5. The summed E-state index contributed by atoms with van der Waals surface area (Å²) in [5, 5.41) is 15.3. The molecule has 0 amide bonds. The Morgan fingerprint density at radius 2 is 1.90 bits per heavy atom. The van der Waals surface area contributed by atoms with Gasteiger partial charge in [-0.15, -0.1) is 16.4 Å². The molecule has 2 atom stereocenters.